The summed E-state index contributed by atoms with van der Waals surface area (Å²) in [6.45, 7) is 11.4. The normalized spacial score (nSPS) is 20.7. The fourth-order valence-corrected chi connectivity index (χ4v) is 3.45. The molecule has 0 aromatic carbocycles. The SMILES string of the molecule is C=CCSc1nnc(C2CCCN(C/C(C)=C/C)C2)n1C. The predicted octanol–water partition coefficient (Wildman–Crippen LogP) is 3.24. The highest BCUT2D eigenvalue weighted by Crippen LogP contribution is 2.28. The molecule has 116 valence electrons. The Hall–Kier alpha value is -1.07. The highest BCUT2D eigenvalue weighted by atomic mass is 32.2. The summed E-state index contributed by atoms with van der Waals surface area (Å²) < 4.78 is 2.16. The predicted molar refractivity (Wildman–Crippen MR) is 89.8 cm³/mol. The number of thioether (sulfide) groups is 1. The molecule has 0 spiro atoms. The summed E-state index contributed by atoms with van der Waals surface area (Å²) in [5.41, 5.74) is 1.44. The number of nitrogens with zero attached hydrogens (tertiary/aromatic N) is 4. The van der Waals surface area contributed by atoms with Crippen LogP contribution in [-0.4, -0.2) is 45.1 Å². The number of likely N-dealkylation sites (tertiary alicyclic amines) is 1. The third kappa shape index (κ3) is 4.20. The lowest BCUT2D eigenvalue weighted by molar-refractivity contribution is 0.217. The van der Waals surface area contributed by atoms with Gasteiger partial charge in [-0.05, 0) is 33.2 Å². The molecule has 5 heteroatoms. The molecule has 0 N–H and O–H groups in total. The molecular formula is C16H26N4S. The Morgan fingerprint density at radius 2 is 2.29 bits per heavy atom. The van der Waals surface area contributed by atoms with Gasteiger partial charge in [0.05, 0.1) is 0 Å². The number of aromatic nitrogens is 3. The topological polar surface area (TPSA) is 34.0 Å². The van der Waals surface area contributed by atoms with Crippen LogP contribution in [0.1, 0.15) is 38.4 Å². The molecule has 1 aliphatic rings. The van der Waals surface area contributed by atoms with Gasteiger partial charge in [0.2, 0.25) is 0 Å². The van der Waals surface area contributed by atoms with Crippen molar-refractivity contribution in [1.82, 2.24) is 19.7 Å². The maximum atomic E-state index is 4.44. The first kappa shape index (κ1) is 16.3. The van der Waals surface area contributed by atoms with Crippen LogP contribution in [0.15, 0.2) is 29.5 Å². The Bertz CT molecular complexity index is 506. The highest BCUT2D eigenvalue weighted by molar-refractivity contribution is 7.99. The first-order valence-electron chi connectivity index (χ1n) is 7.62. The molecule has 1 aromatic heterocycles. The summed E-state index contributed by atoms with van der Waals surface area (Å²) in [5.74, 6) is 2.51. The third-order valence-electron chi connectivity index (χ3n) is 4.04. The second-order valence-electron chi connectivity index (χ2n) is 5.71. The maximum absolute atomic E-state index is 4.44. The van der Waals surface area contributed by atoms with E-state index in [2.05, 4.69) is 53.2 Å². The Balaban J connectivity index is 2.04. The summed E-state index contributed by atoms with van der Waals surface area (Å²) >= 11 is 1.70. The van der Waals surface area contributed by atoms with E-state index in [9.17, 15) is 0 Å². The van der Waals surface area contributed by atoms with Gasteiger partial charge >= 0.3 is 0 Å². The first-order valence-corrected chi connectivity index (χ1v) is 8.61. The highest BCUT2D eigenvalue weighted by Gasteiger charge is 2.25. The molecule has 4 nitrogen and oxygen atoms in total. The molecule has 0 bridgehead atoms. The standard InChI is InChI=1S/C16H26N4S/c1-5-10-21-16-18-17-15(19(16)4)14-8-7-9-20(12-14)11-13(3)6-2/h5-6,14H,1,7-12H2,2-4H3/b13-6+. The van der Waals surface area contributed by atoms with Gasteiger partial charge in [-0.3, -0.25) is 4.90 Å². The molecule has 1 aromatic rings. The summed E-state index contributed by atoms with van der Waals surface area (Å²) in [7, 11) is 2.08. The lowest BCUT2D eigenvalue weighted by Crippen LogP contribution is -2.36. The summed E-state index contributed by atoms with van der Waals surface area (Å²) in [5, 5.41) is 9.76. The number of piperidine rings is 1. The van der Waals surface area contributed by atoms with Crippen LogP contribution in [0, 0.1) is 0 Å². The number of hydrogen-bond acceptors (Lipinski definition) is 4. The maximum Gasteiger partial charge on any atom is 0.191 e. The molecule has 1 aliphatic heterocycles. The lowest BCUT2D eigenvalue weighted by atomic mass is 9.97. The quantitative estimate of drug-likeness (QED) is 0.597. The summed E-state index contributed by atoms with van der Waals surface area (Å²) in [6.07, 6.45) is 6.56. The van der Waals surface area contributed by atoms with Crippen molar-refractivity contribution < 1.29 is 0 Å². The van der Waals surface area contributed by atoms with Gasteiger partial charge in [0, 0.05) is 31.8 Å². The Morgan fingerprint density at radius 3 is 3.00 bits per heavy atom. The molecule has 0 amide bonds. The zero-order chi connectivity index (χ0) is 15.2. The minimum atomic E-state index is 0.499. The van der Waals surface area contributed by atoms with Gasteiger partial charge in [0.25, 0.3) is 0 Å². The smallest absolute Gasteiger partial charge is 0.191 e. The zero-order valence-electron chi connectivity index (χ0n) is 13.4. The molecule has 0 aliphatic carbocycles. The van der Waals surface area contributed by atoms with E-state index in [0.29, 0.717) is 5.92 Å². The fourth-order valence-electron chi connectivity index (χ4n) is 2.79. The third-order valence-corrected chi connectivity index (χ3v) is 5.05. The molecule has 21 heavy (non-hydrogen) atoms. The van der Waals surface area contributed by atoms with Gasteiger partial charge in [-0.2, -0.15) is 0 Å². The Labute approximate surface area is 132 Å². The summed E-state index contributed by atoms with van der Waals surface area (Å²) in [4.78, 5) is 2.54. The Kier molecular flexibility index (Phi) is 6.06. The largest absolute Gasteiger partial charge is 0.309 e. The second-order valence-corrected chi connectivity index (χ2v) is 6.70. The van der Waals surface area contributed by atoms with Gasteiger partial charge in [0.15, 0.2) is 5.16 Å². The molecule has 0 radical (unpaired) electrons. The van der Waals surface area contributed by atoms with Crippen molar-refractivity contribution in [3.63, 3.8) is 0 Å². The molecule has 1 atom stereocenters. The minimum Gasteiger partial charge on any atom is -0.309 e. The number of hydrogen-bond donors (Lipinski definition) is 0. The van der Waals surface area contributed by atoms with E-state index in [1.165, 1.54) is 25.0 Å². The van der Waals surface area contributed by atoms with Crippen LogP contribution >= 0.6 is 11.8 Å². The molecule has 0 saturated carbocycles. The molecule has 2 rings (SSSR count). The van der Waals surface area contributed by atoms with Crippen molar-refractivity contribution in [1.29, 1.82) is 0 Å². The van der Waals surface area contributed by atoms with Gasteiger partial charge < -0.3 is 4.57 Å². The fraction of sp³-hybridized carbons (Fsp3) is 0.625. The number of allylic oxidation sites excluding steroid dienone is 1. The van der Waals surface area contributed by atoms with E-state index in [4.69, 9.17) is 0 Å². The Morgan fingerprint density at radius 1 is 1.48 bits per heavy atom. The molecule has 1 saturated heterocycles. The van der Waals surface area contributed by atoms with Crippen LogP contribution in [0.25, 0.3) is 0 Å². The van der Waals surface area contributed by atoms with Crippen molar-refractivity contribution in [2.45, 2.75) is 37.8 Å². The van der Waals surface area contributed by atoms with Crippen molar-refractivity contribution >= 4 is 11.8 Å². The van der Waals surface area contributed by atoms with Crippen molar-refractivity contribution in [3.05, 3.63) is 30.1 Å². The van der Waals surface area contributed by atoms with Gasteiger partial charge in [-0.1, -0.05) is 29.5 Å². The van der Waals surface area contributed by atoms with Crippen LogP contribution < -0.4 is 0 Å². The zero-order valence-corrected chi connectivity index (χ0v) is 14.2. The monoisotopic (exact) mass is 306 g/mol. The van der Waals surface area contributed by atoms with Crippen molar-refractivity contribution in [3.8, 4) is 0 Å². The van der Waals surface area contributed by atoms with E-state index in [0.717, 1.165) is 29.8 Å². The second kappa shape index (κ2) is 7.80. The van der Waals surface area contributed by atoms with Gasteiger partial charge in [-0.25, -0.2) is 0 Å². The van der Waals surface area contributed by atoms with E-state index in [1.807, 2.05) is 6.08 Å². The van der Waals surface area contributed by atoms with E-state index < -0.39 is 0 Å². The average molecular weight is 306 g/mol. The van der Waals surface area contributed by atoms with Crippen LogP contribution in [0.2, 0.25) is 0 Å². The van der Waals surface area contributed by atoms with Crippen LogP contribution in [0.4, 0.5) is 0 Å². The molecule has 2 heterocycles. The lowest BCUT2D eigenvalue weighted by Gasteiger charge is -2.32. The first-order chi connectivity index (χ1) is 10.2. The van der Waals surface area contributed by atoms with Gasteiger partial charge in [0.1, 0.15) is 5.82 Å². The molecular weight excluding hydrogens is 280 g/mol. The minimum absolute atomic E-state index is 0.499. The van der Waals surface area contributed by atoms with Crippen molar-refractivity contribution in [2.75, 3.05) is 25.4 Å². The van der Waals surface area contributed by atoms with Crippen LogP contribution in [-0.2, 0) is 7.05 Å². The molecule has 1 unspecified atom stereocenters. The molecule has 1 fully saturated rings. The van der Waals surface area contributed by atoms with E-state index in [1.54, 1.807) is 11.8 Å². The average Bonchev–Trinajstić information content (AvgIpc) is 2.86. The van der Waals surface area contributed by atoms with E-state index in [-0.39, 0.29) is 0 Å². The number of rotatable bonds is 6. The van der Waals surface area contributed by atoms with E-state index >= 15 is 0 Å². The van der Waals surface area contributed by atoms with Crippen molar-refractivity contribution in [2.24, 2.45) is 7.05 Å². The summed E-state index contributed by atoms with van der Waals surface area (Å²) in [6, 6.07) is 0. The van der Waals surface area contributed by atoms with Gasteiger partial charge in [-0.15, -0.1) is 16.8 Å². The van der Waals surface area contributed by atoms with Crippen LogP contribution in [0.5, 0.6) is 0 Å². The van der Waals surface area contributed by atoms with Crippen LogP contribution in [0.3, 0.4) is 0 Å².